The summed E-state index contributed by atoms with van der Waals surface area (Å²) in [6, 6.07) is 42.2. The molecule has 0 amide bonds. The maximum absolute atomic E-state index is 15.7. The summed E-state index contributed by atoms with van der Waals surface area (Å²) in [5.74, 6) is 2.24. The predicted molar refractivity (Wildman–Crippen MR) is 186 cm³/mol. The summed E-state index contributed by atoms with van der Waals surface area (Å²) < 4.78 is 22.9. The molecule has 4 aromatic carbocycles. The third kappa shape index (κ3) is 6.25. The van der Waals surface area contributed by atoms with E-state index in [0.29, 0.717) is 11.8 Å². The molecule has 4 aromatic rings. The lowest BCUT2D eigenvalue weighted by Crippen LogP contribution is -2.42. The van der Waals surface area contributed by atoms with Crippen LogP contribution in [0.15, 0.2) is 133 Å². The quantitative estimate of drug-likeness (QED) is 0.188. The molecule has 0 bridgehead atoms. The molecule has 1 fully saturated rings. The second-order valence-corrected chi connectivity index (χ2v) is 16.6. The van der Waals surface area contributed by atoms with E-state index in [1.165, 1.54) is 24.0 Å². The lowest BCUT2D eigenvalue weighted by molar-refractivity contribution is -0.0149. The molecular formula is C41H47O2P. The number of benzene rings is 4. The molecule has 2 aliphatic carbocycles. The first-order chi connectivity index (χ1) is 21.4. The van der Waals surface area contributed by atoms with Crippen LogP contribution in [0.25, 0.3) is 0 Å². The number of hydrogen-bond acceptors (Lipinski definition) is 2. The van der Waals surface area contributed by atoms with Crippen molar-refractivity contribution >= 4 is 17.8 Å². The first-order valence-electron chi connectivity index (χ1n) is 16.5. The largest absolute Gasteiger partial charge is 0.495 e. The third-order valence-electron chi connectivity index (χ3n) is 10.5. The van der Waals surface area contributed by atoms with Crippen LogP contribution in [-0.2, 0) is 14.7 Å². The van der Waals surface area contributed by atoms with Crippen LogP contribution in [-0.4, -0.2) is 11.8 Å². The fourth-order valence-electron chi connectivity index (χ4n) is 8.02. The Hall–Kier alpha value is -3.35. The summed E-state index contributed by atoms with van der Waals surface area (Å²) in [5, 5.41) is 1.90. The zero-order valence-electron chi connectivity index (χ0n) is 26.5. The second-order valence-electron chi connectivity index (χ2n) is 13.6. The lowest BCUT2D eigenvalue weighted by Gasteiger charge is -2.45. The van der Waals surface area contributed by atoms with Crippen molar-refractivity contribution in [3.63, 3.8) is 0 Å². The minimum atomic E-state index is -3.00. The Morgan fingerprint density at radius 3 is 1.84 bits per heavy atom. The van der Waals surface area contributed by atoms with Crippen molar-refractivity contribution in [1.82, 2.24) is 0 Å². The first kappa shape index (κ1) is 30.7. The number of rotatable bonds is 8. The average molecular weight is 603 g/mol. The van der Waals surface area contributed by atoms with Gasteiger partial charge in [0, 0.05) is 34.5 Å². The van der Waals surface area contributed by atoms with E-state index in [2.05, 4.69) is 112 Å². The zero-order chi connectivity index (χ0) is 30.6. The molecule has 6 rings (SSSR count). The highest BCUT2D eigenvalue weighted by Gasteiger charge is 2.45. The van der Waals surface area contributed by atoms with Crippen LogP contribution in [0.2, 0.25) is 0 Å². The van der Waals surface area contributed by atoms with Crippen molar-refractivity contribution in [3.8, 4) is 0 Å². The Labute approximate surface area is 265 Å². The van der Waals surface area contributed by atoms with Gasteiger partial charge in [-0.15, -0.1) is 0 Å². The van der Waals surface area contributed by atoms with Crippen LogP contribution in [0.1, 0.15) is 76.3 Å². The van der Waals surface area contributed by atoms with Gasteiger partial charge in [-0.05, 0) is 54.2 Å². The van der Waals surface area contributed by atoms with Crippen molar-refractivity contribution in [2.24, 2.45) is 11.8 Å². The van der Waals surface area contributed by atoms with Crippen molar-refractivity contribution in [1.29, 1.82) is 0 Å². The Kier molecular flexibility index (Phi) is 9.29. The molecule has 0 aliphatic heterocycles. The van der Waals surface area contributed by atoms with Crippen LogP contribution in [0.5, 0.6) is 0 Å². The van der Waals surface area contributed by atoms with Crippen LogP contribution in [0.3, 0.4) is 0 Å². The number of ether oxygens (including phenoxy) is 1. The predicted octanol–water partition coefficient (Wildman–Crippen LogP) is 10.0. The van der Waals surface area contributed by atoms with E-state index in [1.807, 2.05) is 36.4 Å². The Morgan fingerprint density at radius 2 is 1.25 bits per heavy atom. The Bertz CT molecular complexity index is 1520. The minimum absolute atomic E-state index is 0.00897. The Balaban J connectivity index is 1.36. The topological polar surface area (TPSA) is 26.3 Å². The minimum Gasteiger partial charge on any atom is -0.495 e. The zero-order valence-corrected chi connectivity index (χ0v) is 27.4. The molecule has 0 spiro atoms. The van der Waals surface area contributed by atoms with Crippen LogP contribution in [0, 0.1) is 11.8 Å². The normalized spacial score (nSPS) is 24.6. The fraction of sp³-hybridized carbons (Fsp3) is 0.366. The molecule has 5 atom stereocenters. The Morgan fingerprint density at radius 1 is 0.705 bits per heavy atom. The maximum atomic E-state index is 15.7. The van der Waals surface area contributed by atoms with Gasteiger partial charge < -0.3 is 9.30 Å². The van der Waals surface area contributed by atoms with E-state index >= 15 is 4.57 Å². The highest BCUT2D eigenvalue weighted by atomic mass is 31.2. The molecule has 0 unspecified atom stereocenters. The molecule has 228 valence electrons. The molecule has 0 radical (unpaired) electrons. The molecule has 0 N–H and O–H groups in total. The van der Waals surface area contributed by atoms with Crippen molar-refractivity contribution in [2.75, 3.05) is 0 Å². The van der Waals surface area contributed by atoms with Crippen molar-refractivity contribution < 1.29 is 9.30 Å². The molecular weight excluding hydrogens is 555 g/mol. The smallest absolute Gasteiger partial charge is 0.146 e. The van der Waals surface area contributed by atoms with E-state index in [9.17, 15) is 0 Å². The molecule has 3 heteroatoms. The molecule has 44 heavy (non-hydrogen) atoms. The van der Waals surface area contributed by atoms with Gasteiger partial charge in [0.15, 0.2) is 0 Å². The summed E-state index contributed by atoms with van der Waals surface area (Å²) in [6.07, 6.45) is 8.46. The lowest BCUT2D eigenvalue weighted by atomic mass is 9.64. The number of hydrogen-bond donors (Lipinski definition) is 0. The van der Waals surface area contributed by atoms with Crippen LogP contribution >= 0.6 is 7.14 Å². The summed E-state index contributed by atoms with van der Waals surface area (Å²) >= 11 is 0. The van der Waals surface area contributed by atoms with E-state index in [-0.39, 0.29) is 23.1 Å². The standard InChI is InChI=1S/C41H47O2P/c1-31-27-28-38(41(2,3)33-19-10-5-11-20-33)39(29-31)43-34-21-16-26-40(37(30-34)32-17-8-4-9-18-32)44(42,35-22-12-6-13-23-35)36-24-14-7-15-25-36/h4-15,17-25,31,37-40H,16,26-30H2,1-3H3/t31-,37-,38-,39-,40+/m1/s1. The SMILES string of the molecule is C[C@@H]1CC[C@@H](C(C)(C)c2ccccc2)[C@H](OC2=CCC[C@H](P(=O)(c3ccccc3)c3ccccc3)[C@@H](c3ccccc3)C2)C1. The van der Waals surface area contributed by atoms with E-state index in [1.54, 1.807) is 0 Å². The summed E-state index contributed by atoms with van der Waals surface area (Å²) in [5.41, 5.74) is 2.61. The highest BCUT2D eigenvalue weighted by molar-refractivity contribution is 7.79. The summed E-state index contributed by atoms with van der Waals surface area (Å²) in [4.78, 5) is 0. The van der Waals surface area contributed by atoms with Crippen LogP contribution < -0.4 is 10.6 Å². The summed E-state index contributed by atoms with van der Waals surface area (Å²) in [7, 11) is -3.00. The van der Waals surface area contributed by atoms with Gasteiger partial charge in [0.2, 0.25) is 0 Å². The van der Waals surface area contributed by atoms with Gasteiger partial charge in [-0.3, -0.25) is 0 Å². The van der Waals surface area contributed by atoms with E-state index in [4.69, 9.17) is 4.74 Å². The fourth-order valence-corrected chi connectivity index (χ4v) is 11.6. The highest BCUT2D eigenvalue weighted by Crippen LogP contribution is 2.58. The van der Waals surface area contributed by atoms with Gasteiger partial charge in [0.1, 0.15) is 13.2 Å². The van der Waals surface area contributed by atoms with Crippen molar-refractivity contribution in [3.05, 3.63) is 144 Å². The summed E-state index contributed by atoms with van der Waals surface area (Å²) in [6.45, 7) is 7.18. The first-order valence-corrected chi connectivity index (χ1v) is 18.3. The van der Waals surface area contributed by atoms with E-state index in [0.717, 1.165) is 42.1 Å². The van der Waals surface area contributed by atoms with Gasteiger partial charge in [0.25, 0.3) is 0 Å². The maximum Gasteiger partial charge on any atom is 0.146 e. The molecule has 0 heterocycles. The van der Waals surface area contributed by atoms with Gasteiger partial charge in [0.05, 0.1) is 5.76 Å². The van der Waals surface area contributed by atoms with Gasteiger partial charge in [-0.1, -0.05) is 149 Å². The molecule has 1 saturated carbocycles. The molecule has 2 aliphatic rings. The van der Waals surface area contributed by atoms with Crippen molar-refractivity contribution in [2.45, 2.75) is 82.4 Å². The number of allylic oxidation sites excluding steroid dienone is 2. The van der Waals surface area contributed by atoms with Gasteiger partial charge in [-0.25, -0.2) is 0 Å². The molecule has 2 nitrogen and oxygen atoms in total. The molecule has 0 aromatic heterocycles. The van der Waals surface area contributed by atoms with Gasteiger partial charge in [-0.2, -0.15) is 0 Å². The monoisotopic (exact) mass is 602 g/mol. The second kappa shape index (κ2) is 13.3. The molecule has 0 saturated heterocycles. The third-order valence-corrected chi connectivity index (χ3v) is 14.2. The van der Waals surface area contributed by atoms with Gasteiger partial charge >= 0.3 is 0 Å². The van der Waals surface area contributed by atoms with Crippen LogP contribution in [0.4, 0.5) is 0 Å². The average Bonchev–Trinajstić information content (AvgIpc) is 3.29. The van der Waals surface area contributed by atoms with E-state index < -0.39 is 7.14 Å².